The molecular weight excluding hydrogens is 355 g/mol. The number of benzene rings is 2. The van der Waals surface area contributed by atoms with Gasteiger partial charge in [-0.1, -0.05) is 35.9 Å². The Labute approximate surface area is 155 Å². The molecule has 0 saturated carbocycles. The molecule has 0 radical (unpaired) electrons. The number of amides is 1. The zero-order valence-electron chi connectivity index (χ0n) is 13.8. The number of halogens is 2. The van der Waals surface area contributed by atoms with Crippen LogP contribution in [0.1, 0.15) is 16.1 Å². The van der Waals surface area contributed by atoms with E-state index in [0.717, 1.165) is 10.3 Å². The first-order valence-electron chi connectivity index (χ1n) is 8.05. The minimum Gasteiger partial charge on any atom is -0.619 e. The maximum Gasteiger partial charge on any atom is 0.254 e. The summed E-state index contributed by atoms with van der Waals surface area (Å²) in [6.45, 7) is 0.232. The van der Waals surface area contributed by atoms with Gasteiger partial charge in [-0.15, -0.1) is 0 Å². The molecule has 6 heteroatoms. The highest BCUT2D eigenvalue weighted by Gasteiger charge is 2.14. The highest BCUT2D eigenvalue weighted by molar-refractivity contribution is 6.30. The van der Waals surface area contributed by atoms with Crippen molar-refractivity contribution in [3.8, 4) is 11.1 Å². The van der Waals surface area contributed by atoms with Crippen LogP contribution >= 0.6 is 11.6 Å². The highest BCUT2D eigenvalue weighted by atomic mass is 35.5. The zero-order valence-corrected chi connectivity index (χ0v) is 14.5. The molecule has 3 rings (SSSR count). The first-order valence-corrected chi connectivity index (χ1v) is 8.43. The van der Waals surface area contributed by atoms with Gasteiger partial charge in [-0.2, -0.15) is 4.73 Å². The molecule has 0 saturated heterocycles. The summed E-state index contributed by atoms with van der Waals surface area (Å²) in [7, 11) is 0. The van der Waals surface area contributed by atoms with Gasteiger partial charge in [-0.25, -0.2) is 4.39 Å². The molecule has 1 aromatic heterocycles. The molecule has 3 aromatic rings. The molecule has 0 spiro atoms. The van der Waals surface area contributed by atoms with Crippen LogP contribution in [0.25, 0.3) is 11.1 Å². The summed E-state index contributed by atoms with van der Waals surface area (Å²) in [5.41, 5.74) is 2.04. The fourth-order valence-corrected chi connectivity index (χ4v) is 2.70. The standard InChI is InChI=1S/C20H16ClFN2O2/c21-16-7-4-14(5-8-16)15-6-9-19(22)18(13-15)20(25)23-11-10-17-3-1-2-12-24(17)26/h1-9,12-13H,10-11H2,(H,23,25). The summed E-state index contributed by atoms with van der Waals surface area (Å²) in [5, 5.41) is 14.8. The molecule has 1 heterocycles. The van der Waals surface area contributed by atoms with E-state index < -0.39 is 11.7 Å². The molecular formula is C20H16ClFN2O2. The van der Waals surface area contributed by atoms with E-state index in [1.54, 1.807) is 48.5 Å². The van der Waals surface area contributed by atoms with Gasteiger partial charge in [0.05, 0.1) is 12.0 Å². The van der Waals surface area contributed by atoms with Crippen molar-refractivity contribution in [3.63, 3.8) is 0 Å². The molecule has 2 aromatic carbocycles. The van der Waals surface area contributed by atoms with E-state index in [9.17, 15) is 14.4 Å². The lowest BCUT2D eigenvalue weighted by atomic mass is 10.0. The summed E-state index contributed by atoms with van der Waals surface area (Å²) >= 11 is 5.88. The minimum atomic E-state index is -0.598. The van der Waals surface area contributed by atoms with E-state index in [1.165, 1.54) is 18.3 Å². The normalized spacial score (nSPS) is 10.5. The SMILES string of the molecule is O=C(NCCc1cccc[n+]1[O-])c1cc(-c2ccc(Cl)cc2)ccc1F. The van der Waals surface area contributed by atoms with Crippen molar-refractivity contribution in [2.24, 2.45) is 0 Å². The Morgan fingerprint density at radius 1 is 1.08 bits per heavy atom. The van der Waals surface area contributed by atoms with Crippen LogP contribution in [0.15, 0.2) is 66.9 Å². The molecule has 0 bridgehead atoms. The van der Waals surface area contributed by atoms with Crippen LogP contribution in [0.4, 0.5) is 4.39 Å². The fraction of sp³-hybridized carbons (Fsp3) is 0.100. The van der Waals surface area contributed by atoms with Gasteiger partial charge in [0, 0.05) is 23.7 Å². The maximum absolute atomic E-state index is 14.1. The number of hydrogen-bond acceptors (Lipinski definition) is 2. The number of aromatic nitrogens is 1. The van der Waals surface area contributed by atoms with Crippen molar-refractivity contribution in [1.29, 1.82) is 0 Å². The van der Waals surface area contributed by atoms with Gasteiger partial charge in [-0.3, -0.25) is 4.79 Å². The van der Waals surface area contributed by atoms with Crippen LogP contribution in [0, 0.1) is 11.0 Å². The smallest absolute Gasteiger partial charge is 0.254 e. The van der Waals surface area contributed by atoms with Crippen LogP contribution in [-0.2, 0) is 6.42 Å². The number of rotatable bonds is 5. The topological polar surface area (TPSA) is 56.0 Å². The average Bonchev–Trinajstić information content (AvgIpc) is 2.64. The second-order valence-corrected chi connectivity index (χ2v) is 6.16. The summed E-state index contributed by atoms with van der Waals surface area (Å²) in [6.07, 6.45) is 1.75. The molecule has 0 aliphatic heterocycles. The van der Waals surface area contributed by atoms with Gasteiger partial charge in [0.15, 0.2) is 11.9 Å². The highest BCUT2D eigenvalue weighted by Crippen LogP contribution is 2.23. The van der Waals surface area contributed by atoms with Crippen LogP contribution in [-0.4, -0.2) is 12.5 Å². The predicted octanol–water partition coefficient (Wildman–Crippen LogP) is 3.75. The molecule has 4 nitrogen and oxygen atoms in total. The molecule has 0 fully saturated rings. The monoisotopic (exact) mass is 370 g/mol. The summed E-state index contributed by atoms with van der Waals surface area (Å²) in [4.78, 5) is 12.3. The number of hydrogen-bond donors (Lipinski definition) is 1. The predicted molar refractivity (Wildman–Crippen MR) is 98.3 cm³/mol. The van der Waals surface area contributed by atoms with Gasteiger partial charge < -0.3 is 10.5 Å². The Balaban J connectivity index is 1.71. The minimum absolute atomic E-state index is 0.0412. The van der Waals surface area contributed by atoms with E-state index in [-0.39, 0.29) is 12.1 Å². The average molecular weight is 371 g/mol. The van der Waals surface area contributed by atoms with Gasteiger partial charge in [0.1, 0.15) is 5.82 Å². The Morgan fingerprint density at radius 2 is 1.81 bits per heavy atom. The van der Waals surface area contributed by atoms with Crippen LogP contribution in [0.3, 0.4) is 0 Å². The maximum atomic E-state index is 14.1. The largest absolute Gasteiger partial charge is 0.619 e. The summed E-state index contributed by atoms with van der Waals surface area (Å²) < 4.78 is 14.8. The van der Waals surface area contributed by atoms with Crippen LogP contribution in [0.5, 0.6) is 0 Å². The van der Waals surface area contributed by atoms with Crippen molar-refractivity contribution in [2.45, 2.75) is 6.42 Å². The number of nitrogens with one attached hydrogen (secondary N) is 1. The lowest BCUT2D eigenvalue weighted by molar-refractivity contribution is -0.613. The lowest BCUT2D eigenvalue weighted by Gasteiger charge is -2.09. The molecule has 132 valence electrons. The first kappa shape index (κ1) is 17.9. The second-order valence-electron chi connectivity index (χ2n) is 5.73. The summed E-state index contributed by atoms with van der Waals surface area (Å²) in [6, 6.07) is 16.5. The van der Waals surface area contributed by atoms with E-state index >= 15 is 0 Å². The zero-order chi connectivity index (χ0) is 18.5. The Hall–Kier alpha value is -2.92. The van der Waals surface area contributed by atoms with Gasteiger partial charge in [0.25, 0.3) is 5.91 Å². The van der Waals surface area contributed by atoms with E-state index in [0.29, 0.717) is 22.7 Å². The Bertz CT molecular complexity index is 929. The molecule has 0 unspecified atom stereocenters. The van der Waals surface area contributed by atoms with Crippen molar-refractivity contribution < 1.29 is 13.9 Å². The lowest BCUT2D eigenvalue weighted by Crippen LogP contribution is -2.34. The molecule has 1 N–H and O–H groups in total. The van der Waals surface area contributed by atoms with Crippen LogP contribution in [0.2, 0.25) is 5.02 Å². The van der Waals surface area contributed by atoms with Crippen molar-refractivity contribution >= 4 is 17.5 Å². The van der Waals surface area contributed by atoms with E-state index in [2.05, 4.69) is 5.32 Å². The van der Waals surface area contributed by atoms with E-state index in [4.69, 9.17) is 11.6 Å². The number of pyridine rings is 1. The fourth-order valence-electron chi connectivity index (χ4n) is 2.58. The quantitative estimate of drug-likeness (QED) is 0.549. The van der Waals surface area contributed by atoms with Crippen LogP contribution < -0.4 is 10.0 Å². The van der Waals surface area contributed by atoms with Gasteiger partial charge in [0.2, 0.25) is 0 Å². The summed E-state index contributed by atoms with van der Waals surface area (Å²) in [5.74, 6) is -1.12. The molecule has 1 amide bonds. The number of carbonyl (C=O) groups excluding carboxylic acids is 1. The van der Waals surface area contributed by atoms with E-state index in [1.807, 2.05) is 0 Å². The van der Waals surface area contributed by atoms with Crippen molar-refractivity contribution in [1.82, 2.24) is 5.32 Å². The first-order chi connectivity index (χ1) is 12.5. The number of nitrogens with zero attached hydrogens (tertiary/aromatic N) is 1. The third kappa shape index (κ3) is 4.18. The Morgan fingerprint density at radius 3 is 2.54 bits per heavy atom. The third-order valence-corrected chi connectivity index (χ3v) is 4.21. The Kier molecular flexibility index (Phi) is 5.49. The molecule has 26 heavy (non-hydrogen) atoms. The molecule has 0 aliphatic rings. The van der Waals surface area contributed by atoms with Gasteiger partial charge >= 0.3 is 0 Å². The molecule has 0 atom stereocenters. The second kappa shape index (κ2) is 7.97. The van der Waals surface area contributed by atoms with Crippen molar-refractivity contribution in [2.75, 3.05) is 6.54 Å². The van der Waals surface area contributed by atoms with Gasteiger partial charge in [-0.05, 0) is 35.4 Å². The molecule has 0 aliphatic carbocycles. The number of carbonyl (C=O) groups is 1. The third-order valence-electron chi connectivity index (χ3n) is 3.96. The van der Waals surface area contributed by atoms with Crippen molar-refractivity contribution in [3.05, 3.63) is 94.2 Å².